The van der Waals surface area contributed by atoms with E-state index in [1.54, 1.807) is 11.3 Å². The van der Waals surface area contributed by atoms with Crippen LogP contribution in [0, 0.1) is 6.92 Å². The van der Waals surface area contributed by atoms with Gasteiger partial charge in [0.15, 0.2) is 5.82 Å². The van der Waals surface area contributed by atoms with Crippen LogP contribution < -0.4 is 15.8 Å². The summed E-state index contributed by atoms with van der Waals surface area (Å²) < 4.78 is 5.01. The number of hydrogen-bond donors (Lipinski definition) is 2. The van der Waals surface area contributed by atoms with Crippen molar-refractivity contribution >= 4 is 22.8 Å². The molecule has 6 nitrogen and oxygen atoms in total. The Morgan fingerprint density at radius 2 is 2.29 bits per heavy atom. The summed E-state index contributed by atoms with van der Waals surface area (Å²) in [7, 11) is 1.52. The van der Waals surface area contributed by atoms with Gasteiger partial charge in [0.25, 0.3) is 0 Å². The van der Waals surface area contributed by atoms with Crippen molar-refractivity contribution in [3.63, 3.8) is 0 Å². The average Bonchev–Trinajstić information content (AvgIpc) is 2.74. The first-order valence-electron chi connectivity index (χ1n) is 5.00. The summed E-state index contributed by atoms with van der Waals surface area (Å²) in [6, 6.07) is 0. The van der Waals surface area contributed by atoms with E-state index in [1.165, 1.54) is 13.4 Å². The van der Waals surface area contributed by atoms with Crippen LogP contribution in [0.5, 0.6) is 5.88 Å². The zero-order valence-electron chi connectivity index (χ0n) is 9.60. The van der Waals surface area contributed by atoms with Gasteiger partial charge in [-0.2, -0.15) is 4.98 Å². The van der Waals surface area contributed by atoms with Gasteiger partial charge in [-0.15, -0.1) is 11.3 Å². The second-order valence-electron chi connectivity index (χ2n) is 3.38. The zero-order valence-corrected chi connectivity index (χ0v) is 10.4. The molecule has 90 valence electrons. The number of methoxy groups -OCH3 is 1. The predicted molar refractivity (Wildman–Crippen MR) is 67.2 cm³/mol. The molecule has 0 saturated carbocycles. The number of nitrogens with two attached hydrogens (primary N) is 1. The number of rotatable bonds is 4. The monoisotopic (exact) mass is 251 g/mol. The predicted octanol–water partition coefficient (Wildman–Crippen LogP) is 1.44. The summed E-state index contributed by atoms with van der Waals surface area (Å²) in [4.78, 5) is 12.3. The summed E-state index contributed by atoms with van der Waals surface area (Å²) in [6.07, 6.45) is 1.41. The molecule has 0 aliphatic rings. The molecule has 2 aromatic heterocycles. The lowest BCUT2D eigenvalue weighted by Gasteiger charge is -2.08. The molecular formula is C10H13N5OS. The van der Waals surface area contributed by atoms with E-state index in [9.17, 15) is 0 Å². The maximum absolute atomic E-state index is 5.83. The van der Waals surface area contributed by atoms with Crippen molar-refractivity contribution in [2.45, 2.75) is 13.5 Å². The van der Waals surface area contributed by atoms with Crippen molar-refractivity contribution in [1.82, 2.24) is 15.0 Å². The van der Waals surface area contributed by atoms with Crippen molar-refractivity contribution in [3.05, 3.63) is 22.4 Å². The Bertz CT molecular complexity index is 513. The van der Waals surface area contributed by atoms with E-state index < -0.39 is 0 Å². The third-order valence-electron chi connectivity index (χ3n) is 2.11. The molecule has 0 aromatic carbocycles. The Morgan fingerprint density at radius 1 is 1.47 bits per heavy atom. The number of ether oxygens (including phenoxy) is 1. The fraction of sp³-hybridized carbons (Fsp3) is 0.300. The molecule has 0 radical (unpaired) electrons. The lowest BCUT2D eigenvalue weighted by molar-refractivity contribution is 0.399. The molecule has 0 fully saturated rings. The van der Waals surface area contributed by atoms with Gasteiger partial charge >= 0.3 is 0 Å². The molecule has 0 aliphatic carbocycles. The molecule has 3 N–H and O–H groups in total. The Kier molecular flexibility index (Phi) is 3.38. The fourth-order valence-electron chi connectivity index (χ4n) is 1.33. The number of nitrogen functional groups attached to an aromatic ring is 1. The molecule has 2 heterocycles. The average molecular weight is 251 g/mol. The van der Waals surface area contributed by atoms with Gasteiger partial charge < -0.3 is 15.8 Å². The second kappa shape index (κ2) is 4.96. The minimum atomic E-state index is 0.373. The Morgan fingerprint density at radius 3 is 2.94 bits per heavy atom. The number of nitrogens with one attached hydrogen (secondary N) is 1. The highest BCUT2D eigenvalue weighted by Crippen LogP contribution is 2.24. The zero-order chi connectivity index (χ0) is 12.3. The van der Waals surface area contributed by atoms with Crippen LogP contribution in [0.2, 0.25) is 0 Å². The van der Waals surface area contributed by atoms with Crippen molar-refractivity contribution in [2.24, 2.45) is 0 Å². The summed E-state index contributed by atoms with van der Waals surface area (Å²) in [6.45, 7) is 2.55. The molecule has 2 aromatic rings. The second-order valence-corrected chi connectivity index (χ2v) is 4.32. The number of anilines is 2. The summed E-state index contributed by atoms with van der Waals surface area (Å²) in [5.74, 6) is 0.933. The standard InChI is InChI=1S/C10H13N5OS/c1-6-4-17-7(15-6)3-12-9-8(11)10(16-2)14-5-13-9/h4-5H,3,11H2,1-2H3,(H,12,13,14). The van der Waals surface area contributed by atoms with E-state index in [1.807, 2.05) is 12.3 Å². The van der Waals surface area contributed by atoms with E-state index >= 15 is 0 Å². The summed E-state index contributed by atoms with van der Waals surface area (Å²) >= 11 is 1.60. The molecule has 0 amide bonds. The summed E-state index contributed by atoms with van der Waals surface area (Å²) in [5, 5.41) is 6.10. The molecule has 0 bridgehead atoms. The van der Waals surface area contributed by atoms with Crippen LogP contribution >= 0.6 is 11.3 Å². The first-order chi connectivity index (χ1) is 8.20. The minimum Gasteiger partial charge on any atom is -0.479 e. The van der Waals surface area contributed by atoms with Gasteiger partial charge in [-0.05, 0) is 6.92 Å². The van der Waals surface area contributed by atoms with Crippen LogP contribution in [0.4, 0.5) is 11.5 Å². The highest BCUT2D eigenvalue weighted by atomic mass is 32.1. The molecular weight excluding hydrogens is 238 g/mol. The van der Waals surface area contributed by atoms with E-state index in [0.717, 1.165) is 10.7 Å². The van der Waals surface area contributed by atoms with Crippen molar-refractivity contribution in [1.29, 1.82) is 0 Å². The van der Waals surface area contributed by atoms with Gasteiger partial charge in [-0.1, -0.05) is 0 Å². The van der Waals surface area contributed by atoms with E-state index in [2.05, 4.69) is 20.3 Å². The maximum Gasteiger partial charge on any atom is 0.242 e. The van der Waals surface area contributed by atoms with Gasteiger partial charge in [0.2, 0.25) is 5.88 Å². The highest BCUT2D eigenvalue weighted by molar-refractivity contribution is 7.09. The number of aryl methyl sites for hydroxylation is 1. The Balaban J connectivity index is 2.09. The quantitative estimate of drug-likeness (QED) is 0.855. The van der Waals surface area contributed by atoms with Crippen molar-refractivity contribution < 1.29 is 4.74 Å². The van der Waals surface area contributed by atoms with E-state index in [0.29, 0.717) is 23.9 Å². The summed E-state index contributed by atoms with van der Waals surface area (Å²) in [5.41, 5.74) is 7.25. The van der Waals surface area contributed by atoms with Crippen molar-refractivity contribution in [2.75, 3.05) is 18.2 Å². The smallest absolute Gasteiger partial charge is 0.242 e. The van der Waals surface area contributed by atoms with Gasteiger partial charge in [-0.25, -0.2) is 9.97 Å². The number of aromatic nitrogens is 3. The molecule has 0 spiro atoms. The van der Waals surface area contributed by atoms with Crippen LogP contribution in [0.1, 0.15) is 10.7 Å². The van der Waals surface area contributed by atoms with E-state index in [4.69, 9.17) is 10.5 Å². The van der Waals surface area contributed by atoms with Gasteiger partial charge in [-0.3, -0.25) is 0 Å². The molecule has 17 heavy (non-hydrogen) atoms. The number of thiazole rings is 1. The molecule has 7 heteroatoms. The van der Waals surface area contributed by atoms with E-state index in [-0.39, 0.29) is 0 Å². The fourth-order valence-corrected chi connectivity index (χ4v) is 2.04. The SMILES string of the molecule is COc1ncnc(NCc2nc(C)cs2)c1N. The molecule has 0 aliphatic heterocycles. The lowest BCUT2D eigenvalue weighted by atomic mass is 10.4. The first kappa shape index (κ1) is 11.6. The number of hydrogen-bond acceptors (Lipinski definition) is 7. The topological polar surface area (TPSA) is 86.0 Å². The van der Waals surface area contributed by atoms with Gasteiger partial charge in [0.05, 0.1) is 13.7 Å². The van der Waals surface area contributed by atoms with Crippen LogP contribution in [-0.2, 0) is 6.54 Å². The van der Waals surface area contributed by atoms with Crippen molar-refractivity contribution in [3.8, 4) is 5.88 Å². The third-order valence-corrected chi connectivity index (χ3v) is 3.08. The maximum atomic E-state index is 5.83. The van der Waals surface area contributed by atoms with Crippen LogP contribution in [-0.4, -0.2) is 22.1 Å². The van der Waals surface area contributed by atoms with Crippen LogP contribution in [0.25, 0.3) is 0 Å². The lowest BCUT2D eigenvalue weighted by Crippen LogP contribution is -2.06. The Hall–Kier alpha value is -1.89. The molecule has 2 rings (SSSR count). The number of nitrogens with zero attached hydrogens (tertiary/aromatic N) is 3. The minimum absolute atomic E-state index is 0.373. The van der Waals surface area contributed by atoms with Gasteiger partial charge in [0.1, 0.15) is 17.0 Å². The molecule has 0 atom stereocenters. The molecule has 0 saturated heterocycles. The third kappa shape index (κ3) is 2.62. The molecule has 0 unspecified atom stereocenters. The first-order valence-corrected chi connectivity index (χ1v) is 5.88. The highest BCUT2D eigenvalue weighted by Gasteiger charge is 2.08. The van der Waals surface area contributed by atoms with Crippen LogP contribution in [0.15, 0.2) is 11.7 Å². The van der Waals surface area contributed by atoms with Crippen LogP contribution in [0.3, 0.4) is 0 Å². The Labute approximate surface area is 103 Å². The van der Waals surface area contributed by atoms with Gasteiger partial charge in [0, 0.05) is 11.1 Å². The normalized spacial score (nSPS) is 10.2. The largest absolute Gasteiger partial charge is 0.479 e.